The van der Waals surface area contributed by atoms with E-state index in [1.807, 2.05) is 0 Å². The van der Waals surface area contributed by atoms with E-state index in [4.69, 9.17) is 5.73 Å². The van der Waals surface area contributed by atoms with Crippen LogP contribution in [0.2, 0.25) is 0 Å². The second-order valence-corrected chi connectivity index (χ2v) is 7.78. The molecule has 2 nitrogen and oxygen atoms in total. The molecule has 0 spiro atoms. The predicted octanol–water partition coefficient (Wildman–Crippen LogP) is 4.56. The molecule has 1 atom stereocenters. The topological polar surface area (TPSA) is 29.3 Å². The molecule has 2 N–H and O–H groups in total. The van der Waals surface area contributed by atoms with Crippen molar-refractivity contribution in [3.63, 3.8) is 0 Å². The highest BCUT2D eigenvalue weighted by Gasteiger charge is 2.27. The number of halogens is 1. The van der Waals surface area contributed by atoms with E-state index < -0.39 is 0 Å². The van der Waals surface area contributed by atoms with Gasteiger partial charge in [0.2, 0.25) is 0 Å². The first-order valence-electron chi connectivity index (χ1n) is 7.66. The molecule has 0 bridgehead atoms. The van der Waals surface area contributed by atoms with Crippen molar-refractivity contribution in [3.05, 3.63) is 28.2 Å². The van der Waals surface area contributed by atoms with Gasteiger partial charge >= 0.3 is 0 Å². The van der Waals surface area contributed by atoms with Crippen LogP contribution in [0.15, 0.2) is 22.7 Å². The van der Waals surface area contributed by atoms with Gasteiger partial charge in [0, 0.05) is 35.4 Å². The summed E-state index contributed by atoms with van der Waals surface area (Å²) in [7, 11) is 0. The highest BCUT2D eigenvalue weighted by Crippen LogP contribution is 2.36. The van der Waals surface area contributed by atoms with E-state index >= 15 is 0 Å². The van der Waals surface area contributed by atoms with Crippen molar-refractivity contribution in [1.29, 1.82) is 0 Å². The van der Waals surface area contributed by atoms with Gasteiger partial charge in [0.15, 0.2) is 0 Å². The van der Waals surface area contributed by atoms with Crippen molar-refractivity contribution in [2.45, 2.75) is 46.6 Å². The number of hydrogen-bond donors (Lipinski definition) is 1. The number of anilines is 1. The molecule has 1 aliphatic rings. The van der Waals surface area contributed by atoms with E-state index in [-0.39, 0.29) is 0 Å². The number of nitrogens with two attached hydrogens (primary N) is 1. The van der Waals surface area contributed by atoms with E-state index in [1.165, 1.54) is 30.5 Å². The highest BCUT2D eigenvalue weighted by molar-refractivity contribution is 9.10. The Balaban J connectivity index is 2.17. The largest absolute Gasteiger partial charge is 0.371 e. The van der Waals surface area contributed by atoms with Crippen LogP contribution in [0.3, 0.4) is 0 Å². The Bertz CT molecular complexity index is 451. The van der Waals surface area contributed by atoms with Crippen molar-refractivity contribution in [3.8, 4) is 0 Å². The molecule has 0 aromatic heterocycles. The highest BCUT2D eigenvalue weighted by atomic mass is 79.9. The molecule has 3 heteroatoms. The minimum Gasteiger partial charge on any atom is -0.371 e. The van der Waals surface area contributed by atoms with E-state index in [2.05, 4.69) is 59.8 Å². The van der Waals surface area contributed by atoms with Gasteiger partial charge in [-0.3, -0.25) is 0 Å². The molecule has 1 heterocycles. The summed E-state index contributed by atoms with van der Waals surface area (Å²) < 4.78 is 1.13. The van der Waals surface area contributed by atoms with Crippen molar-refractivity contribution < 1.29 is 0 Å². The first-order valence-corrected chi connectivity index (χ1v) is 8.45. The molecule has 1 aliphatic heterocycles. The molecule has 0 radical (unpaired) electrons. The summed E-state index contributed by atoms with van der Waals surface area (Å²) in [6.45, 7) is 10.0. The molecule has 1 aromatic rings. The first-order chi connectivity index (χ1) is 9.43. The summed E-state index contributed by atoms with van der Waals surface area (Å²) in [4.78, 5) is 2.53. The smallest absolute Gasteiger partial charge is 0.0423 e. The lowest BCUT2D eigenvalue weighted by molar-refractivity contribution is 0.220. The maximum atomic E-state index is 5.94. The molecule has 0 saturated carbocycles. The van der Waals surface area contributed by atoms with E-state index in [9.17, 15) is 0 Å². The van der Waals surface area contributed by atoms with Gasteiger partial charge in [-0.1, -0.05) is 42.8 Å². The summed E-state index contributed by atoms with van der Waals surface area (Å²) in [6.07, 6.45) is 3.89. The number of rotatable bonds is 2. The zero-order chi connectivity index (χ0) is 14.8. The lowest BCUT2D eigenvalue weighted by Gasteiger charge is -2.30. The number of hydrogen-bond acceptors (Lipinski definition) is 2. The van der Waals surface area contributed by atoms with Gasteiger partial charge in [-0.15, -0.1) is 0 Å². The Hall–Kier alpha value is -0.540. The molecule has 1 fully saturated rings. The number of benzene rings is 1. The third-order valence-corrected chi connectivity index (χ3v) is 5.33. The molecular formula is C17H27BrN2. The van der Waals surface area contributed by atoms with Gasteiger partial charge in [-0.05, 0) is 42.7 Å². The van der Waals surface area contributed by atoms with Gasteiger partial charge in [-0.25, -0.2) is 0 Å². The lowest BCUT2D eigenvalue weighted by Crippen LogP contribution is -2.27. The zero-order valence-electron chi connectivity index (χ0n) is 13.0. The third-order valence-electron chi connectivity index (χ3n) is 4.59. The Kier molecular flexibility index (Phi) is 5.14. The van der Waals surface area contributed by atoms with Crippen LogP contribution in [0.5, 0.6) is 0 Å². The van der Waals surface area contributed by atoms with Crippen molar-refractivity contribution in [2.75, 3.05) is 18.0 Å². The minimum absolute atomic E-state index is 0.421. The van der Waals surface area contributed by atoms with Gasteiger partial charge in [-0.2, -0.15) is 0 Å². The minimum atomic E-state index is 0.421. The fourth-order valence-corrected chi connectivity index (χ4v) is 3.77. The number of nitrogens with zero attached hydrogens (tertiary/aromatic N) is 1. The second kappa shape index (κ2) is 6.48. The van der Waals surface area contributed by atoms with Gasteiger partial charge in [0.1, 0.15) is 0 Å². The molecule has 1 saturated heterocycles. The predicted molar refractivity (Wildman–Crippen MR) is 91.0 cm³/mol. The van der Waals surface area contributed by atoms with Gasteiger partial charge < -0.3 is 10.6 Å². The van der Waals surface area contributed by atoms with Crippen LogP contribution in [-0.4, -0.2) is 13.1 Å². The van der Waals surface area contributed by atoms with Crippen LogP contribution in [0.1, 0.15) is 45.6 Å². The van der Waals surface area contributed by atoms with Crippen LogP contribution >= 0.6 is 15.9 Å². The quantitative estimate of drug-likeness (QED) is 0.856. The van der Waals surface area contributed by atoms with Crippen LogP contribution in [0.4, 0.5) is 5.69 Å². The summed E-state index contributed by atoms with van der Waals surface area (Å²) in [5.41, 5.74) is 8.91. The van der Waals surface area contributed by atoms with Crippen LogP contribution in [0.25, 0.3) is 0 Å². The van der Waals surface area contributed by atoms with E-state index in [1.54, 1.807) is 0 Å². The fourth-order valence-electron chi connectivity index (χ4n) is 3.25. The molecular weight excluding hydrogens is 312 g/mol. The average Bonchev–Trinajstić information content (AvgIpc) is 2.63. The maximum Gasteiger partial charge on any atom is 0.0423 e. The van der Waals surface area contributed by atoms with Crippen molar-refractivity contribution in [1.82, 2.24) is 0 Å². The molecule has 1 unspecified atom stereocenters. The summed E-state index contributed by atoms with van der Waals surface area (Å²) in [6, 6.07) is 6.41. The summed E-state index contributed by atoms with van der Waals surface area (Å²) in [5.74, 6) is 0.820. The van der Waals surface area contributed by atoms with Crippen molar-refractivity contribution in [2.24, 2.45) is 17.1 Å². The monoisotopic (exact) mass is 338 g/mol. The molecule has 2 rings (SSSR count). The average molecular weight is 339 g/mol. The maximum absolute atomic E-state index is 5.94. The van der Waals surface area contributed by atoms with Crippen LogP contribution in [-0.2, 0) is 6.54 Å². The normalized spacial score (nSPS) is 20.9. The standard InChI is InChI=1S/C17H27BrN2/c1-17(2,3)13-6-5-10-20(11-9-13)16-8-4-7-15(18)14(16)12-19/h4,7-8,13H,5-6,9-12,19H2,1-3H3. The van der Waals surface area contributed by atoms with Crippen molar-refractivity contribution >= 4 is 21.6 Å². The van der Waals surface area contributed by atoms with E-state index in [0.717, 1.165) is 23.5 Å². The Morgan fingerprint density at radius 2 is 2.00 bits per heavy atom. The Labute approximate surface area is 131 Å². The lowest BCUT2D eigenvalue weighted by atomic mass is 9.77. The summed E-state index contributed by atoms with van der Waals surface area (Å²) in [5, 5.41) is 0. The molecule has 0 aliphatic carbocycles. The molecule has 0 amide bonds. The fraction of sp³-hybridized carbons (Fsp3) is 0.647. The third kappa shape index (κ3) is 3.56. The van der Waals surface area contributed by atoms with Crippen LogP contribution < -0.4 is 10.6 Å². The Morgan fingerprint density at radius 3 is 2.65 bits per heavy atom. The first kappa shape index (κ1) is 15.8. The summed E-state index contributed by atoms with van der Waals surface area (Å²) >= 11 is 3.63. The Morgan fingerprint density at radius 1 is 1.25 bits per heavy atom. The van der Waals surface area contributed by atoms with E-state index in [0.29, 0.717) is 12.0 Å². The molecule has 1 aromatic carbocycles. The molecule has 20 heavy (non-hydrogen) atoms. The second-order valence-electron chi connectivity index (χ2n) is 6.92. The van der Waals surface area contributed by atoms with Crippen LogP contribution in [0, 0.1) is 11.3 Å². The van der Waals surface area contributed by atoms with Gasteiger partial charge in [0.25, 0.3) is 0 Å². The zero-order valence-corrected chi connectivity index (χ0v) is 14.5. The molecule has 112 valence electrons. The SMILES string of the molecule is CC(C)(C)C1CCCN(c2cccc(Br)c2CN)CC1. The van der Waals surface area contributed by atoms with Gasteiger partial charge in [0.05, 0.1) is 0 Å².